The first-order valence-electron chi connectivity index (χ1n) is 8.60. The maximum Gasteiger partial charge on any atom is 0.270 e. The van der Waals surface area contributed by atoms with Crippen molar-refractivity contribution in [2.24, 2.45) is 5.10 Å². The number of amides is 2. The Kier molecular flexibility index (Phi) is 7.80. The molecule has 0 aliphatic carbocycles. The van der Waals surface area contributed by atoms with Gasteiger partial charge in [-0.15, -0.1) is 0 Å². The molecule has 0 unspecified atom stereocenters. The van der Waals surface area contributed by atoms with Crippen LogP contribution in [-0.2, 0) is 19.6 Å². The third kappa shape index (κ3) is 6.57. The zero-order valence-electron chi connectivity index (χ0n) is 16.4. The molecule has 2 aromatic carbocycles. The molecule has 0 fully saturated rings. The molecule has 0 saturated heterocycles. The van der Waals surface area contributed by atoms with Crippen molar-refractivity contribution in [2.75, 3.05) is 18.9 Å². The highest BCUT2D eigenvalue weighted by Crippen LogP contribution is 2.20. The van der Waals surface area contributed by atoms with Crippen LogP contribution in [0.15, 0.2) is 52.5 Å². The van der Waals surface area contributed by atoms with Gasteiger partial charge in [-0.25, -0.2) is 13.8 Å². The van der Waals surface area contributed by atoms with Gasteiger partial charge < -0.3 is 5.32 Å². The topological polar surface area (TPSA) is 151 Å². The fourth-order valence-corrected chi connectivity index (χ4v) is 3.63. The minimum Gasteiger partial charge on any atom is -0.326 e. The van der Waals surface area contributed by atoms with Crippen molar-refractivity contribution < 1.29 is 22.9 Å². The standard InChI is InChI=1S/C18H18ClN5O6S/c1-12(25)21-14-3-6-16(7-4-14)31(29,30)23(2)11-18(26)22-20-10-13-9-15(24(27)28)5-8-17(13)19/h3-10H,11H2,1-2H3,(H,21,25)(H,22,26). The zero-order chi connectivity index (χ0) is 23.2. The number of rotatable bonds is 8. The number of nitro groups is 1. The number of halogens is 1. The Hall–Kier alpha value is -3.35. The van der Waals surface area contributed by atoms with E-state index in [4.69, 9.17) is 11.6 Å². The maximum absolute atomic E-state index is 12.6. The van der Waals surface area contributed by atoms with Crippen LogP contribution in [0.25, 0.3) is 0 Å². The molecule has 0 bridgehead atoms. The summed E-state index contributed by atoms with van der Waals surface area (Å²) in [5, 5.41) is 17.2. The summed E-state index contributed by atoms with van der Waals surface area (Å²) in [7, 11) is -2.75. The zero-order valence-corrected chi connectivity index (χ0v) is 18.0. The van der Waals surface area contributed by atoms with Crippen LogP contribution in [-0.4, -0.2) is 49.3 Å². The van der Waals surface area contributed by atoms with Gasteiger partial charge in [0.2, 0.25) is 15.9 Å². The molecule has 2 rings (SSSR count). The van der Waals surface area contributed by atoms with Gasteiger partial charge in [0.15, 0.2) is 0 Å². The predicted octanol–water partition coefficient (Wildman–Crippen LogP) is 1.98. The number of nitro benzene ring substituents is 1. The summed E-state index contributed by atoms with van der Waals surface area (Å²) in [6.45, 7) is 0.794. The van der Waals surface area contributed by atoms with Crippen LogP contribution in [0.4, 0.5) is 11.4 Å². The molecule has 0 atom stereocenters. The van der Waals surface area contributed by atoms with Gasteiger partial charge in [0.05, 0.1) is 22.6 Å². The third-order valence-electron chi connectivity index (χ3n) is 3.83. The van der Waals surface area contributed by atoms with E-state index in [2.05, 4.69) is 15.8 Å². The van der Waals surface area contributed by atoms with Crippen LogP contribution in [0.3, 0.4) is 0 Å². The van der Waals surface area contributed by atoms with Gasteiger partial charge in [0.1, 0.15) is 0 Å². The maximum atomic E-state index is 12.6. The van der Waals surface area contributed by atoms with Gasteiger partial charge in [-0.05, 0) is 30.3 Å². The number of benzene rings is 2. The lowest BCUT2D eigenvalue weighted by atomic mass is 10.2. The molecule has 11 nitrogen and oxygen atoms in total. The first-order valence-corrected chi connectivity index (χ1v) is 10.4. The number of hydrogen-bond acceptors (Lipinski definition) is 7. The number of nitrogens with zero attached hydrogens (tertiary/aromatic N) is 3. The van der Waals surface area contributed by atoms with Crippen molar-refractivity contribution in [2.45, 2.75) is 11.8 Å². The molecule has 0 aliphatic rings. The number of carbonyl (C=O) groups excluding carboxylic acids is 2. The van der Waals surface area contributed by atoms with Crippen molar-refractivity contribution in [1.82, 2.24) is 9.73 Å². The minimum atomic E-state index is -3.97. The third-order valence-corrected chi connectivity index (χ3v) is 5.99. The fraction of sp³-hybridized carbons (Fsp3) is 0.167. The van der Waals surface area contributed by atoms with Crippen LogP contribution >= 0.6 is 11.6 Å². The average molecular weight is 468 g/mol. The smallest absolute Gasteiger partial charge is 0.270 e. The number of hydrazone groups is 1. The second kappa shape index (κ2) is 10.1. The van der Waals surface area contributed by atoms with Crippen molar-refractivity contribution in [1.29, 1.82) is 0 Å². The van der Waals surface area contributed by atoms with E-state index in [-0.39, 0.29) is 27.1 Å². The molecule has 13 heteroatoms. The van der Waals surface area contributed by atoms with Crippen LogP contribution in [0.1, 0.15) is 12.5 Å². The second-order valence-corrected chi connectivity index (χ2v) is 8.67. The molecular formula is C18H18ClN5O6S. The van der Waals surface area contributed by atoms with Gasteiger partial charge in [0.25, 0.3) is 11.6 Å². The molecule has 0 saturated carbocycles. The first-order chi connectivity index (χ1) is 14.5. The highest BCUT2D eigenvalue weighted by molar-refractivity contribution is 7.89. The quantitative estimate of drug-likeness (QED) is 0.344. The normalized spacial score (nSPS) is 11.5. The number of non-ortho nitro benzene ring substituents is 1. The summed E-state index contributed by atoms with van der Waals surface area (Å²) in [6.07, 6.45) is 1.11. The number of sulfonamides is 1. The Bertz CT molecular complexity index is 1130. The number of nitrogens with one attached hydrogen (secondary N) is 2. The van der Waals surface area contributed by atoms with E-state index in [1.165, 1.54) is 56.4 Å². The average Bonchev–Trinajstić information content (AvgIpc) is 2.69. The van der Waals surface area contributed by atoms with Gasteiger partial charge >= 0.3 is 0 Å². The summed E-state index contributed by atoms with van der Waals surface area (Å²) in [6, 6.07) is 9.18. The molecule has 31 heavy (non-hydrogen) atoms. The van der Waals surface area contributed by atoms with Crippen LogP contribution in [0.5, 0.6) is 0 Å². The van der Waals surface area contributed by atoms with Crippen molar-refractivity contribution >= 4 is 51.0 Å². The lowest BCUT2D eigenvalue weighted by Crippen LogP contribution is -2.36. The SMILES string of the molecule is CC(=O)Nc1ccc(S(=O)(=O)N(C)CC(=O)NN=Cc2cc([N+](=O)[O-])ccc2Cl)cc1. The predicted molar refractivity (Wildman–Crippen MR) is 114 cm³/mol. The van der Waals surface area contributed by atoms with E-state index in [0.717, 1.165) is 10.5 Å². The van der Waals surface area contributed by atoms with E-state index in [1.54, 1.807) is 0 Å². The Morgan fingerprint density at radius 1 is 1.23 bits per heavy atom. The number of likely N-dealkylation sites (N-methyl/N-ethyl adjacent to an activating group) is 1. The van der Waals surface area contributed by atoms with Gasteiger partial charge in [-0.3, -0.25) is 19.7 Å². The van der Waals surface area contributed by atoms with Crippen molar-refractivity contribution in [3.05, 3.63) is 63.2 Å². The summed E-state index contributed by atoms with van der Waals surface area (Å²) in [5.74, 6) is -1.03. The van der Waals surface area contributed by atoms with Crippen molar-refractivity contribution in [3.8, 4) is 0 Å². The lowest BCUT2D eigenvalue weighted by molar-refractivity contribution is -0.384. The Balaban J connectivity index is 2.01. The molecule has 164 valence electrons. The molecule has 0 aliphatic heterocycles. The molecule has 2 aromatic rings. The van der Waals surface area contributed by atoms with Gasteiger partial charge in [0, 0.05) is 42.4 Å². The van der Waals surface area contributed by atoms with E-state index in [1.807, 2.05) is 0 Å². The summed E-state index contributed by atoms with van der Waals surface area (Å²) >= 11 is 5.93. The number of hydrogen-bond donors (Lipinski definition) is 2. The molecular weight excluding hydrogens is 450 g/mol. The molecule has 0 heterocycles. The molecule has 0 aromatic heterocycles. The van der Waals surface area contributed by atoms with Gasteiger partial charge in [-0.1, -0.05) is 11.6 Å². The molecule has 0 spiro atoms. The highest BCUT2D eigenvalue weighted by atomic mass is 35.5. The van der Waals surface area contributed by atoms with E-state index in [9.17, 15) is 28.1 Å². The summed E-state index contributed by atoms with van der Waals surface area (Å²) in [5.41, 5.74) is 2.58. The number of carbonyl (C=O) groups is 2. The largest absolute Gasteiger partial charge is 0.326 e. The van der Waals surface area contributed by atoms with Gasteiger partial charge in [-0.2, -0.15) is 9.41 Å². The monoisotopic (exact) mass is 467 g/mol. The fourth-order valence-electron chi connectivity index (χ4n) is 2.33. The first kappa shape index (κ1) is 23.9. The van der Waals surface area contributed by atoms with Crippen molar-refractivity contribution in [3.63, 3.8) is 0 Å². The molecule has 0 radical (unpaired) electrons. The summed E-state index contributed by atoms with van der Waals surface area (Å²) < 4.78 is 26.0. The van der Waals surface area contributed by atoms with Crippen LogP contribution < -0.4 is 10.7 Å². The van der Waals surface area contributed by atoms with E-state index >= 15 is 0 Å². The Morgan fingerprint density at radius 2 is 1.87 bits per heavy atom. The van der Waals surface area contributed by atoms with E-state index in [0.29, 0.717) is 5.69 Å². The van der Waals surface area contributed by atoms with E-state index < -0.39 is 27.4 Å². The summed E-state index contributed by atoms with van der Waals surface area (Å²) in [4.78, 5) is 33.2. The minimum absolute atomic E-state index is 0.0659. The van der Waals surface area contributed by atoms with Crippen LogP contribution in [0.2, 0.25) is 5.02 Å². The lowest BCUT2D eigenvalue weighted by Gasteiger charge is -2.16. The highest BCUT2D eigenvalue weighted by Gasteiger charge is 2.23. The molecule has 2 N–H and O–H groups in total. The molecule has 2 amide bonds. The number of anilines is 1. The second-order valence-electron chi connectivity index (χ2n) is 6.22. The Morgan fingerprint density at radius 3 is 2.45 bits per heavy atom. The Labute approximate surface area is 182 Å². The van der Waals surface area contributed by atoms with Crippen LogP contribution in [0, 0.1) is 10.1 Å².